The number of halogens is 8. The molecule has 0 aliphatic rings. The van der Waals surface area contributed by atoms with Gasteiger partial charge in [-0.3, -0.25) is 0 Å². The highest BCUT2D eigenvalue weighted by Crippen LogP contribution is 2.48. The molecule has 0 bridgehead atoms. The van der Waals surface area contributed by atoms with Crippen LogP contribution >= 0.6 is 0 Å². The molecule has 0 aromatic carbocycles. The third kappa shape index (κ3) is 3.38. The van der Waals surface area contributed by atoms with Gasteiger partial charge in [0.15, 0.2) is 0 Å². The van der Waals surface area contributed by atoms with Gasteiger partial charge in [0.1, 0.15) is 0 Å². The minimum atomic E-state index is -6.10. The van der Waals surface area contributed by atoms with Crippen molar-refractivity contribution in [2.45, 2.75) is 36.9 Å². The largest absolute Gasteiger partial charge is 0.443 e. The molecule has 0 saturated carbocycles. The maximum absolute atomic E-state index is 13.4. The molecule has 0 aromatic rings. The average molecular weight is 316 g/mol. The zero-order chi connectivity index (χ0) is 16.6. The van der Waals surface area contributed by atoms with Crippen LogP contribution in [0.5, 0.6) is 0 Å². The molecule has 11 heteroatoms. The van der Waals surface area contributed by atoms with E-state index < -0.39 is 42.9 Å². The van der Waals surface area contributed by atoms with E-state index in [1.54, 1.807) is 0 Å². The molecule has 0 heterocycles. The van der Waals surface area contributed by atoms with Crippen molar-refractivity contribution in [1.29, 1.82) is 0 Å². The molecule has 0 amide bonds. The lowest BCUT2D eigenvalue weighted by Gasteiger charge is -2.38. The normalized spacial score (nSPS) is 18.1. The molecule has 0 spiro atoms. The summed E-state index contributed by atoms with van der Waals surface area (Å²) in [6.45, 7) is 2.06. The van der Waals surface area contributed by atoms with Gasteiger partial charge in [0.05, 0.1) is 0 Å². The summed E-state index contributed by atoms with van der Waals surface area (Å²) in [5.74, 6) is -7.90. The SMILES string of the molecule is C=CC(=O)OC(C(F)(F)F)C(F)(F)C(C)(O)C(F)(F)F. The van der Waals surface area contributed by atoms with Crippen LogP contribution in [0, 0.1) is 0 Å². The van der Waals surface area contributed by atoms with Gasteiger partial charge in [0.25, 0.3) is 6.10 Å². The number of carbonyl (C=O) groups excluding carboxylic acids is 1. The van der Waals surface area contributed by atoms with Gasteiger partial charge >= 0.3 is 24.2 Å². The molecular weight excluding hydrogens is 308 g/mol. The predicted molar refractivity (Wildman–Crippen MR) is 47.8 cm³/mol. The maximum atomic E-state index is 13.4. The number of hydrogen-bond acceptors (Lipinski definition) is 3. The molecule has 2 unspecified atom stereocenters. The number of carbonyl (C=O) groups is 1. The summed E-state index contributed by atoms with van der Waals surface area (Å²) in [4.78, 5) is 10.6. The Morgan fingerprint density at radius 2 is 1.55 bits per heavy atom. The second-order valence-electron chi connectivity index (χ2n) is 3.76. The molecule has 2 atom stereocenters. The Morgan fingerprint density at radius 3 is 1.80 bits per heavy atom. The fourth-order valence-corrected chi connectivity index (χ4v) is 0.955. The van der Waals surface area contributed by atoms with E-state index in [-0.39, 0.29) is 6.08 Å². The van der Waals surface area contributed by atoms with Crippen LogP contribution in [-0.2, 0) is 9.53 Å². The Hall–Kier alpha value is -1.39. The lowest BCUT2D eigenvalue weighted by Crippen LogP contribution is -2.65. The van der Waals surface area contributed by atoms with E-state index >= 15 is 0 Å². The quantitative estimate of drug-likeness (QED) is 0.493. The Balaban J connectivity index is 5.79. The van der Waals surface area contributed by atoms with E-state index in [0.717, 1.165) is 0 Å². The first-order valence-electron chi connectivity index (χ1n) is 4.65. The molecule has 1 N–H and O–H groups in total. The number of alkyl halides is 8. The Labute approximate surface area is 106 Å². The van der Waals surface area contributed by atoms with Gasteiger partial charge in [0, 0.05) is 6.08 Å². The zero-order valence-corrected chi connectivity index (χ0v) is 9.65. The van der Waals surface area contributed by atoms with Crippen molar-refractivity contribution in [2.24, 2.45) is 0 Å². The van der Waals surface area contributed by atoms with Crippen LogP contribution in [0.1, 0.15) is 6.92 Å². The first-order valence-corrected chi connectivity index (χ1v) is 4.65. The molecule has 0 aliphatic carbocycles. The molecule has 118 valence electrons. The minimum Gasteiger partial charge on any atom is -0.443 e. The predicted octanol–water partition coefficient (Wildman–Crippen LogP) is 2.60. The van der Waals surface area contributed by atoms with Crippen molar-refractivity contribution in [1.82, 2.24) is 0 Å². The third-order valence-corrected chi connectivity index (χ3v) is 2.23. The maximum Gasteiger partial charge on any atom is 0.431 e. The van der Waals surface area contributed by atoms with Crippen molar-refractivity contribution in [3.63, 3.8) is 0 Å². The molecule has 0 radical (unpaired) electrons. The summed E-state index contributed by atoms with van der Waals surface area (Å²) in [5, 5.41) is 8.71. The second-order valence-corrected chi connectivity index (χ2v) is 3.76. The summed E-state index contributed by atoms with van der Waals surface area (Å²) in [6.07, 6.45) is -16.6. The highest BCUT2D eigenvalue weighted by atomic mass is 19.4. The van der Waals surface area contributed by atoms with E-state index in [4.69, 9.17) is 5.11 Å². The van der Waals surface area contributed by atoms with Crippen LogP contribution < -0.4 is 0 Å². The van der Waals surface area contributed by atoms with Crippen molar-refractivity contribution in [3.8, 4) is 0 Å². The van der Waals surface area contributed by atoms with Crippen molar-refractivity contribution >= 4 is 5.97 Å². The summed E-state index contributed by atoms with van der Waals surface area (Å²) >= 11 is 0. The van der Waals surface area contributed by atoms with Crippen molar-refractivity contribution < 1.29 is 49.8 Å². The lowest BCUT2D eigenvalue weighted by atomic mass is 9.92. The molecule has 0 saturated heterocycles. The number of ether oxygens (including phenoxy) is 1. The van der Waals surface area contributed by atoms with Crippen LogP contribution in [0.25, 0.3) is 0 Å². The van der Waals surface area contributed by atoms with Crippen LogP contribution in [-0.4, -0.2) is 41.1 Å². The number of esters is 1. The molecule has 0 aromatic heterocycles. The molecule has 3 nitrogen and oxygen atoms in total. The topological polar surface area (TPSA) is 46.5 Å². The highest BCUT2D eigenvalue weighted by molar-refractivity contribution is 5.81. The molecule has 0 aliphatic heterocycles. The van der Waals surface area contributed by atoms with Gasteiger partial charge in [-0.05, 0) is 6.92 Å². The molecule has 0 rings (SSSR count). The van der Waals surface area contributed by atoms with Crippen LogP contribution in [0.4, 0.5) is 35.1 Å². The smallest absolute Gasteiger partial charge is 0.431 e. The Morgan fingerprint density at radius 1 is 1.15 bits per heavy atom. The van der Waals surface area contributed by atoms with Gasteiger partial charge < -0.3 is 9.84 Å². The average Bonchev–Trinajstić information content (AvgIpc) is 2.21. The van der Waals surface area contributed by atoms with Gasteiger partial charge in [-0.2, -0.15) is 35.1 Å². The fourth-order valence-electron chi connectivity index (χ4n) is 0.955. The van der Waals surface area contributed by atoms with Gasteiger partial charge in [-0.1, -0.05) is 6.58 Å². The number of aliphatic hydroxyl groups is 1. The third-order valence-electron chi connectivity index (χ3n) is 2.23. The monoisotopic (exact) mass is 316 g/mol. The summed E-state index contributed by atoms with van der Waals surface area (Å²) in [7, 11) is 0. The van der Waals surface area contributed by atoms with Gasteiger partial charge in [0.2, 0.25) is 5.60 Å². The van der Waals surface area contributed by atoms with Crippen molar-refractivity contribution in [2.75, 3.05) is 0 Å². The van der Waals surface area contributed by atoms with Crippen molar-refractivity contribution in [3.05, 3.63) is 12.7 Å². The molecule has 0 fully saturated rings. The minimum absolute atomic E-state index is 0.0527. The number of hydrogen-bond donors (Lipinski definition) is 1. The fraction of sp³-hybridized carbons (Fsp3) is 0.667. The van der Waals surface area contributed by atoms with Crippen LogP contribution in [0.15, 0.2) is 12.7 Å². The zero-order valence-electron chi connectivity index (χ0n) is 9.65. The van der Waals surface area contributed by atoms with Crippen LogP contribution in [0.2, 0.25) is 0 Å². The summed E-state index contributed by atoms with van der Waals surface area (Å²) < 4.78 is 104. The summed E-state index contributed by atoms with van der Waals surface area (Å²) in [5.41, 5.74) is -5.07. The standard InChI is InChI=1S/C9H8F8O3/c1-3-4(18)20-5(8(12,13)14)7(10,11)6(2,19)9(15,16)17/h3,5,19H,1H2,2H3. The molecular formula is C9H8F8O3. The van der Waals surface area contributed by atoms with E-state index in [0.29, 0.717) is 0 Å². The number of rotatable bonds is 4. The van der Waals surface area contributed by atoms with E-state index in [1.165, 1.54) is 0 Å². The van der Waals surface area contributed by atoms with Gasteiger partial charge in [-0.25, -0.2) is 4.79 Å². The Bertz CT molecular complexity index is 382. The second kappa shape index (κ2) is 5.19. The van der Waals surface area contributed by atoms with Crippen LogP contribution in [0.3, 0.4) is 0 Å². The van der Waals surface area contributed by atoms with E-state index in [9.17, 15) is 39.9 Å². The highest BCUT2D eigenvalue weighted by Gasteiger charge is 2.74. The first kappa shape index (κ1) is 18.6. The van der Waals surface area contributed by atoms with Gasteiger partial charge in [-0.15, -0.1) is 0 Å². The van der Waals surface area contributed by atoms with E-state index in [1.807, 2.05) is 0 Å². The summed E-state index contributed by atoms with van der Waals surface area (Å²) in [6, 6.07) is 0. The van der Waals surface area contributed by atoms with E-state index in [2.05, 4.69) is 11.3 Å². The lowest BCUT2D eigenvalue weighted by molar-refractivity contribution is -0.371. The molecule has 20 heavy (non-hydrogen) atoms. The first-order chi connectivity index (χ1) is 8.59. The Kier molecular flexibility index (Phi) is 4.82.